The maximum atomic E-state index is 12.3. The zero-order valence-corrected chi connectivity index (χ0v) is 11.7. The number of carbonyl (C=O) groups is 1. The van der Waals surface area contributed by atoms with E-state index in [4.69, 9.17) is 5.73 Å². The molecule has 1 heterocycles. The van der Waals surface area contributed by atoms with Gasteiger partial charge >= 0.3 is 0 Å². The van der Waals surface area contributed by atoms with Gasteiger partial charge in [0.1, 0.15) is 0 Å². The minimum absolute atomic E-state index is 0. The SMILES string of the molecule is CC1CCN(C(=O)c2cccc(N)c2)CC1C.Cl. The number of piperidine rings is 1. The van der Waals surface area contributed by atoms with Crippen molar-refractivity contribution in [2.75, 3.05) is 18.8 Å². The Morgan fingerprint density at radius 1 is 1.33 bits per heavy atom. The van der Waals surface area contributed by atoms with Gasteiger partial charge in [-0.25, -0.2) is 0 Å². The van der Waals surface area contributed by atoms with Gasteiger partial charge in [0.2, 0.25) is 0 Å². The second-order valence-corrected chi connectivity index (χ2v) is 5.12. The predicted octanol–water partition coefficient (Wildman–Crippen LogP) is 2.81. The van der Waals surface area contributed by atoms with Crippen LogP contribution in [0.25, 0.3) is 0 Å². The Morgan fingerprint density at radius 3 is 2.67 bits per heavy atom. The third-order valence-electron chi connectivity index (χ3n) is 3.75. The van der Waals surface area contributed by atoms with Crippen LogP contribution in [-0.2, 0) is 0 Å². The third kappa shape index (κ3) is 3.16. The Kier molecular flexibility index (Phi) is 5.03. The summed E-state index contributed by atoms with van der Waals surface area (Å²) in [5, 5.41) is 0. The minimum Gasteiger partial charge on any atom is -0.399 e. The van der Waals surface area contributed by atoms with Crippen molar-refractivity contribution < 1.29 is 4.79 Å². The summed E-state index contributed by atoms with van der Waals surface area (Å²) in [6.07, 6.45) is 1.09. The van der Waals surface area contributed by atoms with E-state index in [2.05, 4.69) is 13.8 Å². The van der Waals surface area contributed by atoms with Crippen molar-refractivity contribution >= 4 is 24.0 Å². The van der Waals surface area contributed by atoms with Crippen LogP contribution in [0.3, 0.4) is 0 Å². The molecule has 1 aromatic carbocycles. The third-order valence-corrected chi connectivity index (χ3v) is 3.75. The highest BCUT2D eigenvalue weighted by molar-refractivity contribution is 5.95. The Labute approximate surface area is 115 Å². The average molecular weight is 269 g/mol. The van der Waals surface area contributed by atoms with Gasteiger partial charge in [-0.2, -0.15) is 0 Å². The van der Waals surface area contributed by atoms with E-state index in [9.17, 15) is 4.79 Å². The Bertz CT molecular complexity index is 422. The van der Waals surface area contributed by atoms with Crippen LogP contribution in [0.4, 0.5) is 5.69 Å². The molecular weight excluding hydrogens is 248 g/mol. The van der Waals surface area contributed by atoms with E-state index in [0.717, 1.165) is 19.5 Å². The summed E-state index contributed by atoms with van der Waals surface area (Å²) in [7, 11) is 0. The molecule has 2 N–H and O–H groups in total. The number of benzene rings is 1. The van der Waals surface area contributed by atoms with Crippen molar-refractivity contribution in [2.45, 2.75) is 20.3 Å². The first-order chi connectivity index (χ1) is 8.08. The molecule has 1 saturated heterocycles. The van der Waals surface area contributed by atoms with Gasteiger partial charge in [-0.15, -0.1) is 12.4 Å². The van der Waals surface area contributed by atoms with E-state index in [1.807, 2.05) is 17.0 Å². The number of nitrogen functional groups attached to an aromatic ring is 1. The molecule has 100 valence electrons. The van der Waals surface area contributed by atoms with Crippen molar-refractivity contribution in [3.63, 3.8) is 0 Å². The number of halogens is 1. The molecule has 1 aliphatic heterocycles. The number of carbonyl (C=O) groups excluding carboxylic acids is 1. The minimum atomic E-state index is 0. The summed E-state index contributed by atoms with van der Waals surface area (Å²) >= 11 is 0. The van der Waals surface area contributed by atoms with Crippen LogP contribution in [0.2, 0.25) is 0 Å². The van der Waals surface area contributed by atoms with Crippen molar-refractivity contribution in [1.29, 1.82) is 0 Å². The number of hydrogen-bond donors (Lipinski definition) is 1. The highest BCUT2D eigenvalue weighted by Gasteiger charge is 2.26. The smallest absolute Gasteiger partial charge is 0.253 e. The molecule has 3 nitrogen and oxygen atoms in total. The van der Waals surface area contributed by atoms with Crippen LogP contribution in [-0.4, -0.2) is 23.9 Å². The van der Waals surface area contributed by atoms with Crippen LogP contribution in [0.1, 0.15) is 30.6 Å². The molecule has 0 aromatic heterocycles. The Balaban J connectivity index is 0.00000162. The molecule has 1 aromatic rings. The number of rotatable bonds is 1. The number of nitrogens with two attached hydrogens (primary N) is 1. The monoisotopic (exact) mass is 268 g/mol. The summed E-state index contributed by atoms with van der Waals surface area (Å²) in [6, 6.07) is 7.22. The molecule has 2 unspecified atom stereocenters. The van der Waals surface area contributed by atoms with Crippen LogP contribution < -0.4 is 5.73 Å². The number of anilines is 1. The highest BCUT2D eigenvalue weighted by atomic mass is 35.5. The lowest BCUT2D eigenvalue weighted by Gasteiger charge is -2.35. The van der Waals surface area contributed by atoms with Crippen molar-refractivity contribution in [2.24, 2.45) is 11.8 Å². The molecule has 0 aliphatic carbocycles. The van der Waals surface area contributed by atoms with Gasteiger partial charge in [-0.3, -0.25) is 4.79 Å². The lowest BCUT2D eigenvalue weighted by atomic mass is 9.88. The number of nitrogens with zero attached hydrogens (tertiary/aromatic N) is 1. The van der Waals surface area contributed by atoms with E-state index in [1.54, 1.807) is 12.1 Å². The van der Waals surface area contributed by atoms with E-state index in [1.165, 1.54) is 0 Å². The molecule has 4 heteroatoms. The van der Waals surface area contributed by atoms with Gasteiger partial charge in [0, 0.05) is 24.3 Å². The Morgan fingerprint density at radius 2 is 2.06 bits per heavy atom. The normalized spacial score (nSPS) is 23.3. The molecule has 2 rings (SSSR count). The first-order valence-electron chi connectivity index (χ1n) is 6.22. The zero-order valence-electron chi connectivity index (χ0n) is 10.9. The van der Waals surface area contributed by atoms with Crippen molar-refractivity contribution in [3.8, 4) is 0 Å². The fraction of sp³-hybridized carbons (Fsp3) is 0.500. The largest absolute Gasteiger partial charge is 0.399 e. The molecule has 0 radical (unpaired) electrons. The summed E-state index contributed by atoms with van der Waals surface area (Å²) < 4.78 is 0. The van der Waals surface area contributed by atoms with E-state index < -0.39 is 0 Å². The second kappa shape index (κ2) is 6.10. The predicted molar refractivity (Wildman–Crippen MR) is 77.0 cm³/mol. The van der Waals surface area contributed by atoms with Gasteiger partial charge in [0.15, 0.2) is 0 Å². The fourth-order valence-electron chi connectivity index (χ4n) is 2.30. The summed E-state index contributed by atoms with van der Waals surface area (Å²) in [5.41, 5.74) is 7.05. The van der Waals surface area contributed by atoms with Gasteiger partial charge < -0.3 is 10.6 Å². The molecule has 0 spiro atoms. The lowest BCUT2D eigenvalue weighted by molar-refractivity contribution is 0.0627. The molecule has 1 aliphatic rings. The maximum Gasteiger partial charge on any atom is 0.253 e. The molecule has 1 fully saturated rings. The van der Waals surface area contributed by atoms with Crippen molar-refractivity contribution in [3.05, 3.63) is 29.8 Å². The molecule has 0 bridgehead atoms. The molecule has 18 heavy (non-hydrogen) atoms. The number of likely N-dealkylation sites (tertiary alicyclic amines) is 1. The standard InChI is InChI=1S/C14H20N2O.ClH/c1-10-6-7-16(9-11(10)2)14(17)12-4-3-5-13(15)8-12;/h3-5,8,10-11H,6-7,9,15H2,1-2H3;1H. The van der Waals surface area contributed by atoms with Crippen LogP contribution in [0.5, 0.6) is 0 Å². The van der Waals surface area contributed by atoms with E-state index in [0.29, 0.717) is 23.1 Å². The summed E-state index contributed by atoms with van der Waals surface area (Å²) in [6.45, 7) is 6.18. The van der Waals surface area contributed by atoms with Crippen LogP contribution in [0, 0.1) is 11.8 Å². The van der Waals surface area contributed by atoms with Gasteiger partial charge in [0.05, 0.1) is 0 Å². The van der Waals surface area contributed by atoms with Crippen LogP contribution >= 0.6 is 12.4 Å². The zero-order chi connectivity index (χ0) is 12.4. The maximum absolute atomic E-state index is 12.3. The summed E-state index contributed by atoms with van der Waals surface area (Å²) in [5.74, 6) is 1.39. The van der Waals surface area contributed by atoms with Crippen LogP contribution in [0.15, 0.2) is 24.3 Å². The molecule has 1 amide bonds. The lowest BCUT2D eigenvalue weighted by Crippen LogP contribution is -2.42. The fourth-order valence-corrected chi connectivity index (χ4v) is 2.30. The van der Waals surface area contributed by atoms with Gasteiger partial charge in [-0.1, -0.05) is 19.9 Å². The second-order valence-electron chi connectivity index (χ2n) is 5.12. The molecule has 0 saturated carbocycles. The van der Waals surface area contributed by atoms with Gasteiger partial charge in [0.25, 0.3) is 5.91 Å². The average Bonchev–Trinajstić information content (AvgIpc) is 2.32. The highest BCUT2D eigenvalue weighted by Crippen LogP contribution is 2.23. The van der Waals surface area contributed by atoms with Crippen molar-refractivity contribution in [1.82, 2.24) is 4.90 Å². The summed E-state index contributed by atoms with van der Waals surface area (Å²) in [4.78, 5) is 14.2. The molecular formula is C14H21ClN2O. The topological polar surface area (TPSA) is 46.3 Å². The molecule has 2 atom stereocenters. The van der Waals surface area contributed by atoms with E-state index >= 15 is 0 Å². The number of amides is 1. The number of hydrogen-bond acceptors (Lipinski definition) is 2. The quantitative estimate of drug-likeness (QED) is 0.796. The van der Waals surface area contributed by atoms with E-state index in [-0.39, 0.29) is 18.3 Å². The van der Waals surface area contributed by atoms with Gasteiger partial charge in [-0.05, 0) is 36.5 Å². The Hall–Kier alpha value is -1.22. The first-order valence-corrected chi connectivity index (χ1v) is 6.22. The first kappa shape index (κ1) is 14.8.